The molecule has 10 heavy (non-hydrogen) atoms. The minimum atomic E-state index is 0. The molecule has 0 aliphatic heterocycles. The maximum Gasteiger partial charge on any atom is 0.213 e. The zero-order valence-electron chi connectivity index (χ0n) is 6.00. The Hall–Kier alpha value is -0.570. The first kappa shape index (κ1) is 9.43. The molecule has 0 amide bonds. The van der Waals surface area contributed by atoms with E-state index in [4.69, 9.17) is 4.74 Å². The van der Waals surface area contributed by atoms with Gasteiger partial charge in [0.05, 0.1) is 7.11 Å². The van der Waals surface area contributed by atoms with Crippen molar-refractivity contribution in [1.82, 2.24) is 4.98 Å². The molecule has 56 valence electrons. The molecule has 0 fully saturated rings. The molecule has 1 rings (SSSR count). The molecule has 0 N–H and O–H groups in total. The first-order valence-corrected chi connectivity index (χ1v) is 2.80. The topological polar surface area (TPSA) is 22.1 Å². The van der Waals surface area contributed by atoms with Gasteiger partial charge in [0.2, 0.25) is 5.88 Å². The lowest BCUT2D eigenvalue weighted by Gasteiger charge is -1.96. The van der Waals surface area contributed by atoms with E-state index in [0.29, 0.717) is 5.88 Å². The predicted octanol–water partition coefficient (Wildman–Crippen LogP) is 1.98. The van der Waals surface area contributed by atoms with Crippen LogP contribution in [0.2, 0.25) is 0 Å². The summed E-state index contributed by atoms with van der Waals surface area (Å²) in [5.41, 5.74) is 0.981. The lowest BCUT2D eigenvalue weighted by molar-refractivity contribution is 0.397. The van der Waals surface area contributed by atoms with Crippen LogP contribution >= 0.6 is 17.0 Å². The Labute approximate surface area is 71.0 Å². The fourth-order valence-corrected chi connectivity index (χ4v) is 0.632. The van der Waals surface area contributed by atoms with E-state index in [-0.39, 0.29) is 17.0 Å². The standard InChI is InChI=1S/C7H9NO.BrH/c1-6-4-3-5-7(8-6)9-2;/h3-5H,1-2H3;1H. The molecule has 3 heteroatoms. The number of pyridine rings is 1. The molecule has 1 aromatic heterocycles. The number of aromatic nitrogens is 1. The maximum absolute atomic E-state index is 4.88. The molecule has 0 atom stereocenters. The third-order valence-electron chi connectivity index (χ3n) is 1.07. The molecule has 1 aromatic rings. The second-order valence-electron chi connectivity index (χ2n) is 1.82. The van der Waals surface area contributed by atoms with Crippen LogP contribution in [-0.4, -0.2) is 12.1 Å². The summed E-state index contributed by atoms with van der Waals surface area (Å²) in [5, 5.41) is 0. The molecular weight excluding hydrogens is 194 g/mol. The monoisotopic (exact) mass is 203 g/mol. The molecule has 0 saturated heterocycles. The summed E-state index contributed by atoms with van der Waals surface area (Å²) in [6.45, 7) is 1.93. The third-order valence-corrected chi connectivity index (χ3v) is 1.07. The highest BCUT2D eigenvalue weighted by atomic mass is 79.9. The van der Waals surface area contributed by atoms with Gasteiger partial charge in [-0.2, -0.15) is 0 Å². The van der Waals surface area contributed by atoms with Gasteiger partial charge >= 0.3 is 0 Å². The molecule has 0 bridgehead atoms. The second-order valence-corrected chi connectivity index (χ2v) is 1.82. The SMILES string of the molecule is Br.COc1cccc(C)n1. The first-order valence-electron chi connectivity index (χ1n) is 2.80. The normalized spacial score (nSPS) is 8.20. The van der Waals surface area contributed by atoms with E-state index in [9.17, 15) is 0 Å². The van der Waals surface area contributed by atoms with E-state index in [0.717, 1.165) is 5.69 Å². The maximum atomic E-state index is 4.88. The molecular formula is C7H10BrNO. The molecule has 0 saturated carbocycles. The van der Waals surface area contributed by atoms with E-state index in [1.807, 2.05) is 25.1 Å². The highest BCUT2D eigenvalue weighted by Crippen LogP contribution is 2.04. The number of rotatable bonds is 1. The molecule has 0 aliphatic rings. The average molecular weight is 204 g/mol. The summed E-state index contributed by atoms with van der Waals surface area (Å²) in [6.07, 6.45) is 0. The minimum absolute atomic E-state index is 0. The van der Waals surface area contributed by atoms with Gasteiger partial charge < -0.3 is 4.74 Å². The first-order chi connectivity index (χ1) is 4.33. The lowest BCUT2D eigenvalue weighted by atomic mass is 10.4. The number of hydrogen-bond acceptors (Lipinski definition) is 2. The van der Waals surface area contributed by atoms with Crippen molar-refractivity contribution in [3.8, 4) is 5.88 Å². The predicted molar refractivity (Wildman–Crippen MR) is 45.8 cm³/mol. The van der Waals surface area contributed by atoms with Gasteiger partial charge in [-0.15, -0.1) is 17.0 Å². The van der Waals surface area contributed by atoms with Crippen LogP contribution in [0.1, 0.15) is 5.69 Å². The number of hydrogen-bond donors (Lipinski definition) is 0. The summed E-state index contributed by atoms with van der Waals surface area (Å²) in [5.74, 6) is 0.676. The fraction of sp³-hybridized carbons (Fsp3) is 0.286. The van der Waals surface area contributed by atoms with E-state index in [2.05, 4.69) is 4.98 Å². The van der Waals surface area contributed by atoms with Gasteiger partial charge in [-0.3, -0.25) is 0 Å². The number of halogens is 1. The van der Waals surface area contributed by atoms with Crippen LogP contribution in [0.15, 0.2) is 18.2 Å². The Balaban J connectivity index is 0.000000810. The molecule has 0 unspecified atom stereocenters. The van der Waals surface area contributed by atoms with Gasteiger partial charge in [0.1, 0.15) is 0 Å². The Bertz CT molecular complexity index is 203. The van der Waals surface area contributed by atoms with Gasteiger partial charge in [0.15, 0.2) is 0 Å². The van der Waals surface area contributed by atoms with Crippen molar-refractivity contribution >= 4 is 17.0 Å². The minimum Gasteiger partial charge on any atom is -0.481 e. The number of aryl methyl sites for hydroxylation is 1. The van der Waals surface area contributed by atoms with Gasteiger partial charge in [-0.1, -0.05) is 6.07 Å². The smallest absolute Gasteiger partial charge is 0.213 e. The summed E-state index contributed by atoms with van der Waals surface area (Å²) in [7, 11) is 1.61. The number of ether oxygens (including phenoxy) is 1. The Morgan fingerprint density at radius 2 is 2.10 bits per heavy atom. The highest BCUT2D eigenvalue weighted by molar-refractivity contribution is 8.93. The second kappa shape index (κ2) is 4.28. The van der Waals surface area contributed by atoms with Crippen molar-refractivity contribution in [1.29, 1.82) is 0 Å². The third kappa shape index (κ3) is 2.35. The van der Waals surface area contributed by atoms with Crippen molar-refractivity contribution in [2.24, 2.45) is 0 Å². The van der Waals surface area contributed by atoms with E-state index < -0.39 is 0 Å². The largest absolute Gasteiger partial charge is 0.481 e. The van der Waals surface area contributed by atoms with Gasteiger partial charge in [0, 0.05) is 11.8 Å². The van der Waals surface area contributed by atoms with Crippen LogP contribution < -0.4 is 4.74 Å². The van der Waals surface area contributed by atoms with E-state index >= 15 is 0 Å². The van der Waals surface area contributed by atoms with E-state index in [1.54, 1.807) is 7.11 Å². The summed E-state index contributed by atoms with van der Waals surface area (Å²) in [6, 6.07) is 5.68. The Morgan fingerprint density at radius 3 is 2.50 bits per heavy atom. The molecule has 0 radical (unpaired) electrons. The summed E-state index contributed by atoms with van der Waals surface area (Å²) >= 11 is 0. The van der Waals surface area contributed by atoms with Crippen LogP contribution in [0.3, 0.4) is 0 Å². The summed E-state index contributed by atoms with van der Waals surface area (Å²) in [4.78, 5) is 4.07. The zero-order chi connectivity index (χ0) is 6.69. The van der Waals surface area contributed by atoms with Crippen molar-refractivity contribution < 1.29 is 4.74 Å². The van der Waals surface area contributed by atoms with Crippen LogP contribution in [0, 0.1) is 6.92 Å². The average Bonchev–Trinajstić information content (AvgIpc) is 1.88. The van der Waals surface area contributed by atoms with Gasteiger partial charge in [-0.25, -0.2) is 4.98 Å². The highest BCUT2D eigenvalue weighted by Gasteiger charge is 1.88. The van der Waals surface area contributed by atoms with Crippen LogP contribution in [0.5, 0.6) is 5.88 Å². The number of nitrogens with zero attached hydrogens (tertiary/aromatic N) is 1. The van der Waals surface area contributed by atoms with Gasteiger partial charge in [-0.05, 0) is 13.0 Å². The lowest BCUT2D eigenvalue weighted by Crippen LogP contribution is -1.87. The van der Waals surface area contributed by atoms with E-state index in [1.165, 1.54) is 0 Å². The zero-order valence-corrected chi connectivity index (χ0v) is 7.71. The Morgan fingerprint density at radius 1 is 1.40 bits per heavy atom. The fourth-order valence-electron chi connectivity index (χ4n) is 0.632. The molecule has 0 aliphatic carbocycles. The van der Waals surface area contributed by atoms with Crippen LogP contribution in [0.4, 0.5) is 0 Å². The van der Waals surface area contributed by atoms with Crippen molar-refractivity contribution in [2.75, 3.05) is 7.11 Å². The number of methoxy groups -OCH3 is 1. The summed E-state index contributed by atoms with van der Waals surface area (Å²) < 4.78 is 4.88. The van der Waals surface area contributed by atoms with Crippen LogP contribution in [-0.2, 0) is 0 Å². The van der Waals surface area contributed by atoms with Crippen molar-refractivity contribution in [3.05, 3.63) is 23.9 Å². The van der Waals surface area contributed by atoms with Gasteiger partial charge in [0.25, 0.3) is 0 Å². The molecule has 0 aromatic carbocycles. The molecule has 1 heterocycles. The van der Waals surface area contributed by atoms with Crippen molar-refractivity contribution in [2.45, 2.75) is 6.92 Å². The molecule has 2 nitrogen and oxygen atoms in total. The Kier molecular flexibility index (Phi) is 4.03. The van der Waals surface area contributed by atoms with Crippen molar-refractivity contribution in [3.63, 3.8) is 0 Å². The molecule has 0 spiro atoms. The van der Waals surface area contributed by atoms with Crippen LogP contribution in [0.25, 0.3) is 0 Å². The quantitative estimate of drug-likeness (QED) is 0.697.